The molecule has 0 spiro atoms. The third-order valence-electron chi connectivity index (χ3n) is 4.17. The Hall–Kier alpha value is -2.39. The van der Waals surface area contributed by atoms with E-state index in [1.54, 1.807) is 25.1 Å². The van der Waals surface area contributed by atoms with Gasteiger partial charge >= 0.3 is 0 Å². The quantitative estimate of drug-likeness (QED) is 0.412. The molecule has 6 nitrogen and oxygen atoms in total. The Labute approximate surface area is 187 Å². The Kier molecular flexibility index (Phi) is 7.49. The van der Waals surface area contributed by atoms with Gasteiger partial charge in [0.15, 0.2) is 28.7 Å². The fraction of sp³-hybridized carbons (Fsp3) is 0.286. The van der Waals surface area contributed by atoms with E-state index in [4.69, 9.17) is 4.74 Å². The number of ether oxygens (including phenoxy) is 1. The fourth-order valence-electron chi connectivity index (χ4n) is 2.79. The summed E-state index contributed by atoms with van der Waals surface area (Å²) >= 11 is 4.66. The number of aromatic nitrogens is 3. The van der Waals surface area contributed by atoms with Crippen molar-refractivity contribution in [2.24, 2.45) is 0 Å². The van der Waals surface area contributed by atoms with Crippen LogP contribution >= 0.6 is 27.7 Å². The van der Waals surface area contributed by atoms with E-state index >= 15 is 0 Å². The van der Waals surface area contributed by atoms with Crippen LogP contribution in [0.3, 0.4) is 0 Å². The first-order valence-electron chi connectivity index (χ1n) is 9.39. The lowest BCUT2D eigenvalue weighted by atomic mass is 10.3. The van der Waals surface area contributed by atoms with Crippen molar-refractivity contribution in [1.29, 1.82) is 0 Å². The van der Waals surface area contributed by atoms with Gasteiger partial charge in [-0.05, 0) is 57.2 Å². The fourth-order valence-corrected chi connectivity index (χ4v) is 3.93. The Balaban J connectivity index is 1.68. The number of nitrogens with zero attached hydrogens (tertiary/aromatic N) is 3. The van der Waals surface area contributed by atoms with Crippen molar-refractivity contribution in [3.05, 3.63) is 64.6 Å². The second kappa shape index (κ2) is 10.1. The van der Waals surface area contributed by atoms with Gasteiger partial charge < -0.3 is 14.6 Å². The van der Waals surface area contributed by atoms with Gasteiger partial charge in [-0.1, -0.05) is 39.8 Å². The van der Waals surface area contributed by atoms with Gasteiger partial charge in [0.2, 0.25) is 5.91 Å². The molecule has 1 heterocycles. The second-order valence-electron chi connectivity index (χ2n) is 6.84. The van der Waals surface area contributed by atoms with Crippen LogP contribution in [-0.4, -0.2) is 26.4 Å². The largest absolute Gasteiger partial charge is 0.480 e. The summed E-state index contributed by atoms with van der Waals surface area (Å²) in [6.45, 7) is 5.79. The third-order valence-corrected chi connectivity index (χ3v) is 5.64. The molecule has 1 N–H and O–H groups in total. The average Bonchev–Trinajstić information content (AvgIpc) is 3.14. The van der Waals surface area contributed by atoms with Crippen molar-refractivity contribution in [3.8, 4) is 5.75 Å². The number of carbonyl (C=O) groups excluding carboxylic acids is 1. The number of hydrogen-bond acceptors (Lipinski definition) is 5. The maximum Gasteiger partial charge on any atom is 0.234 e. The molecule has 3 rings (SSSR count). The molecule has 0 aliphatic heterocycles. The lowest BCUT2D eigenvalue weighted by Gasteiger charge is -2.19. The Morgan fingerprint density at radius 3 is 2.53 bits per heavy atom. The first kappa shape index (κ1) is 22.3. The van der Waals surface area contributed by atoms with Gasteiger partial charge in [-0.25, -0.2) is 4.39 Å². The highest BCUT2D eigenvalue weighted by Crippen LogP contribution is 2.28. The molecule has 1 amide bonds. The number of thioether (sulfide) groups is 1. The number of amides is 1. The van der Waals surface area contributed by atoms with Gasteiger partial charge in [0, 0.05) is 16.2 Å². The zero-order valence-corrected chi connectivity index (χ0v) is 19.2. The summed E-state index contributed by atoms with van der Waals surface area (Å²) in [6.07, 6.45) is -0.511. The average molecular weight is 493 g/mol. The molecule has 158 valence electrons. The Morgan fingerprint density at radius 2 is 1.87 bits per heavy atom. The van der Waals surface area contributed by atoms with Crippen LogP contribution in [-0.2, 0) is 4.79 Å². The molecule has 0 fully saturated rings. The molecule has 0 saturated carbocycles. The maximum absolute atomic E-state index is 13.9. The van der Waals surface area contributed by atoms with E-state index in [9.17, 15) is 9.18 Å². The van der Waals surface area contributed by atoms with Gasteiger partial charge in [-0.2, -0.15) is 0 Å². The summed E-state index contributed by atoms with van der Waals surface area (Å²) in [5, 5.41) is 11.9. The maximum atomic E-state index is 13.9. The summed E-state index contributed by atoms with van der Waals surface area (Å²) < 4.78 is 22.5. The number of rotatable bonds is 8. The number of halogens is 2. The van der Waals surface area contributed by atoms with Gasteiger partial charge in [0.1, 0.15) is 0 Å². The van der Waals surface area contributed by atoms with Crippen LogP contribution in [0.15, 0.2) is 58.2 Å². The highest BCUT2D eigenvalue weighted by molar-refractivity contribution is 9.10. The zero-order chi connectivity index (χ0) is 21.7. The number of hydrogen-bond donors (Lipinski definition) is 1. The molecule has 0 aliphatic rings. The van der Waals surface area contributed by atoms with E-state index in [-0.39, 0.29) is 23.5 Å². The highest BCUT2D eigenvalue weighted by Gasteiger charge is 2.22. The van der Waals surface area contributed by atoms with Crippen molar-refractivity contribution in [1.82, 2.24) is 14.8 Å². The van der Waals surface area contributed by atoms with Crippen molar-refractivity contribution in [3.63, 3.8) is 0 Å². The normalized spacial score (nSPS) is 12.1. The molecule has 3 aromatic rings. The molecule has 1 aromatic heterocycles. The van der Waals surface area contributed by atoms with Crippen LogP contribution in [0.5, 0.6) is 5.75 Å². The van der Waals surface area contributed by atoms with E-state index in [1.165, 1.54) is 17.8 Å². The standard InChI is InChI=1S/C21H22BrFN4O2S/c1-13(2)27-20(14(3)29-18-7-5-4-6-17(18)23)25-26-21(27)30-12-19(28)24-16-10-8-15(22)9-11-16/h4-11,13-14H,12H2,1-3H3,(H,24,28). The second-order valence-corrected chi connectivity index (χ2v) is 8.70. The molecule has 1 unspecified atom stereocenters. The molecule has 0 radical (unpaired) electrons. The molecule has 1 atom stereocenters. The van der Waals surface area contributed by atoms with Gasteiger partial charge in [-0.3, -0.25) is 4.79 Å². The van der Waals surface area contributed by atoms with E-state index < -0.39 is 11.9 Å². The molecule has 0 bridgehead atoms. The van der Waals surface area contributed by atoms with Gasteiger partial charge in [0.05, 0.1) is 5.75 Å². The molecule has 30 heavy (non-hydrogen) atoms. The number of nitrogens with one attached hydrogen (secondary N) is 1. The van der Waals surface area contributed by atoms with E-state index in [0.29, 0.717) is 11.0 Å². The summed E-state index contributed by atoms with van der Waals surface area (Å²) in [5.41, 5.74) is 0.724. The SMILES string of the molecule is CC(Oc1ccccc1F)c1nnc(SCC(=O)Nc2ccc(Br)cc2)n1C(C)C. The van der Waals surface area contributed by atoms with Crippen LogP contribution in [0.1, 0.15) is 38.7 Å². The van der Waals surface area contributed by atoms with Crippen molar-refractivity contribution >= 4 is 39.3 Å². The molecule has 0 aliphatic carbocycles. The van der Waals surface area contributed by atoms with Gasteiger partial charge in [0.25, 0.3) is 0 Å². The molecular weight excluding hydrogens is 471 g/mol. The van der Waals surface area contributed by atoms with Crippen molar-refractivity contribution in [2.45, 2.75) is 38.1 Å². The monoisotopic (exact) mass is 492 g/mol. The zero-order valence-electron chi connectivity index (χ0n) is 16.8. The number of para-hydroxylation sites is 1. The summed E-state index contributed by atoms with van der Waals surface area (Å²) in [7, 11) is 0. The smallest absolute Gasteiger partial charge is 0.234 e. The number of anilines is 1. The Bertz CT molecular complexity index is 1010. The van der Waals surface area contributed by atoms with E-state index in [2.05, 4.69) is 31.4 Å². The van der Waals surface area contributed by atoms with Gasteiger partial charge in [-0.15, -0.1) is 10.2 Å². The molecular formula is C21H22BrFN4O2S. The van der Waals surface area contributed by atoms with Crippen molar-refractivity contribution < 1.29 is 13.9 Å². The minimum atomic E-state index is -0.511. The summed E-state index contributed by atoms with van der Waals surface area (Å²) in [4.78, 5) is 12.3. The third kappa shape index (κ3) is 5.60. The Morgan fingerprint density at radius 1 is 1.17 bits per heavy atom. The highest BCUT2D eigenvalue weighted by atomic mass is 79.9. The first-order valence-corrected chi connectivity index (χ1v) is 11.2. The van der Waals surface area contributed by atoms with Crippen LogP contribution < -0.4 is 10.1 Å². The lowest BCUT2D eigenvalue weighted by molar-refractivity contribution is -0.113. The molecule has 0 saturated heterocycles. The summed E-state index contributed by atoms with van der Waals surface area (Å²) in [5.74, 6) is 0.344. The number of benzene rings is 2. The van der Waals surface area contributed by atoms with Crippen molar-refractivity contribution in [2.75, 3.05) is 11.1 Å². The van der Waals surface area contributed by atoms with Crippen LogP contribution in [0.2, 0.25) is 0 Å². The van der Waals surface area contributed by atoms with Crippen LogP contribution in [0.4, 0.5) is 10.1 Å². The minimum absolute atomic E-state index is 0.0405. The van der Waals surface area contributed by atoms with E-state index in [1.807, 2.05) is 42.7 Å². The lowest BCUT2D eigenvalue weighted by Crippen LogP contribution is -2.16. The predicted octanol–water partition coefficient (Wildman–Crippen LogP) is 5.63. The first-order chi connectivity index (χ1) is 14.3. The minimum Gasteiger partial charge on any atom is -0.480 e. The molecule has 2 aromatic carbocycles. The van der Waals surface area contributed by atoms with Crippen LogP contribution in [0, 0.1) is 5.82 Å². The number of carbonyl (C=O) groups is 1. The predicted molar refractivity (Wildman–Crippen MR) is 119 cm³/mol. The van der Waals surface area contributed by atoms with Crippen LogP contribution in [0.25, 0.3) is 0 Å². The summed E-state index contributed by atoms with van der Waals surface area (Å²) in [6, 6.07) is 13.7. The topological polar surface area (TPSA) is 69.0 Å². The molecule has 9 heteroatoms. The van der Waals surface area contributed by atoms with E-state index in [0.717, 1.165) is 10.2 Å².